The Bertz CT molecular complexity index is 632. The topological polar surface area (TPSA) is 61.8 Å². The molecule has 1 atom stereocenters. The lowest BCUT2D eigenvalue weighted by Gasteiger charge is -2.16. The molecule has 0 heterocycles. The van der Waals surface area contributed by atoms with Crippen LogP contribution in [0.4, 0.5) is 11.4 Å². The Morgan fingerprint density at radius 2 is 2.05 bits per heavy atom. The molecule has 0 bridgehead atoms. The van der Waals surface area contributed by atoms with Crippen molar-refractivity contribution in [3.05, 3.63) is 58.6 Å². The van der Waals surface area contributed by atoms with Gasteiger partial charge in [-0.05, 0) is 42.8 Å². The number of nitrogens with one attached hydrogen (secondary N) is 1. The van der Waals surface area contributed by atoms with E-state index in [1.807, 2.05) is 37.3 Å². The van der Waals surface area contributed by atoms with Gasteiger partial charge in [0.25, 0.3) is 0 Å². The fourth-order valence-electron chi connectivity index (χ4n) is 1.85. The van der Waals surface area contributed by atoms with Gasteiger partial charge in [-0.1, -0.05) is 23.7 Å². The van der Waals surface area contributed by atoms with Crippen molar-refractivity contribution in [2.75, 3.05) is 11.1 Å². The van der Waals surface area contributed by atoms with Crippen molar-refractivity contribution in [2.24, 2.45) is 0 Å². The van der Waals surface area contributed by atoms with Gasteiger partial charge in [0, 0.05) is 22.4 Å². The second-order valence-corrected chi connectivity index (χ2v) is 4.77. The molecule has 0 aromatic heterocycles. The Morgan fingerprint density at radius 1 is 1.26 bits per heavy atom. The number of anilines is 2. The molecule has 2 aromatic carbocycles. The van der Waals surface area contributed by atoms with Crippen molar-refractivity contribution in [3.8, 4) is 6.07 Å². The van der Waals surface area contributed by atoms with Gasteiger partial charge in [0.05, 0.1) is 5.56 Å². The van der Waals surface area contributed by atoms with E-state index in [4.69, 9.17) is 22.6 Å². The second-order valence-electron chi connectivity index (χ2n) is 4.33. The Kier molecular flexibility index (Phi) is 3.94. The van der Waals surface area contributed by atoms with Gasteiger partial charge in [-0.25, -0.2) is 0 Å². The zero-order valence-electron chi connectivity index (χ0n) is 10.5. The first-order valence-corrected chi connectivity index (χ1v) is 6.29. The van der Waals surface area contributed by atoms with Crippen LogP contribution < -0.4 is 11.1 Å². The molecule has 3 N–H and O–H groups in total. The van der Waals surface area contributed by atoms with Gasteiger partial charge in [0.2, 0.25) is 0 Å². The van der Waals surface area contributed by atoms with Gasteiger partial charge in [-0.3, -0.25) is 0 Å². The minimum Gasteiger partial charge on any atom is -0.398 e. The molecule has 2 rings (SSSR count). The number of halogens is 1. The maximum atomic E-state index is 8.96. The highest BCUT2D eigenvalue weighted by molar-refractivity contribution is 6.30. The summed E-state index contributed by atoms with van der Waals surface area (Å²) < 4.78 is 0. The third kappa shape index (κ3) is 3.18. The molecule has 0 spiro atoms. The zero-order valence-corrected chi connectivity index (χ0v) is 11.3. The van der Waals surface area contributed by atoms with Crippen LogP contribution >= 0.6 is 11.6 Å². The highest BCUT2D eigenvalue weighted by Gasteiger charge is 2.07. The number of nitrogens with zero attached hydrogens (tertiary/aromatic N) is 1. The van der Waals surface area contributed by atoms with E-state index in [0.29, 0.717) is 16.3 Å². The number of hydrogen-bond donors (Lipinski definition) is 2. The third-order valence-corrected chi connectivity index (χ3v) is 3.14. The van der Waals surface area contributed by atoms with Crippen LogP contribution in [-0.4, -0.2) is 0 Å². The second kappa shape index (κ2) is 5.64. The molecule has 1 unspecified atom stereocenters. The quantitative estimate of drug-likeness (QED) is 0.831. The number of hydrogen-bond acceptors (Lipinski definition) is 3. The van der Waals surface area contributed by atoms with Crippen molar-refractivity contribution in [3.63, 3.8) is 0 Å². The fraction of sp³-hybridized carbons (Fsp3) is 0.133. The number of benzene rings is 2. The van der Waals surface area contributed by atoms with Crippen LogP contribution in [-0.2, 0) is 0 Å². The molecule has 96 valence electrons. The summed E-state index contributed by atoms with van der Waals surface area (Å²) in [6.07, 6.45) is 0. The minimum absolute atomic E-state index is 0.0915. The van der Waals surface area contributed by atoms with Crippen molar-refractivity contribution >= 4 is 23.0 Å². The molecule has 3 nitrogen and oxygen atoms in total. The van der Waals surface area contributed by atoms with Crippen LogP contribution in [0.25, 0.3) is 0 Å². The average molecular weight is 272 g/mol. The maximum absolute atomic E-state index is 8.96. The Hall–Kier alpha value is -2.18. The molecule has 19 heavy (non-hydrogen) atoms. The Balaban J connectivity index is 2.20. The summed E-state index contributed by atoms with van der Waals surface area (Å²) in [6, 6.07) is 15.2. The molecule has 0 aliphatic rings. The molecule has 0 amide bonds. The normalized spacial score (nSPS) is 11.6. The molecule has 0 aliphatic carbocycles. The summed E-state index contributed by atoms with van der Waals surface area (Å²) in [5.41, 5.74) is 8.60. The van der Waals surface area contributed by atoms with Gasteiger partial charge in [-0.15, -0.1) is 0 Å². The Morgan fingerprint density at radius 3 is 2.74 bits per heavy atom. The molecule has 0 saturated heterocycles. The van der Waals surface area contributed by atoms with E-state index in [9.17, 15) is 0 Å². The van der Waals surface area contributed by atoms with Crippen molar-refractivity contribution in [2.45, 2.75) is 13.0 Å². The SMILES string of the molecule is CC(Nc1ccc(N)c(C#N)c1)c1cccc(Cl)c1. The van der Waals surface area contributed by atoms with Crippen LogP contribution in [0.5, 0.6) is 0 Å². The fourth-order valence-corrected chi connectivity index (χ4v) is 2.05. The van der Waals surface area contributed by atoms with E-state index in [0.717, 1.165) is 11.3 Å². The predicted molar refractivity (Wildman–Crippen MR) is 79.1 cm³/mol. The van der Waals surface area contributed by atoms with Crippen LogP contribution in [0.3, 0.4) is 0 Å². The van der Waals surface area contributed by atoms with E-state index >= 15 is 0 Å². The first-order valence-electron chi connectivity index (χ1n) is 5.92. The van der Waals surface area contributed by atoms with Crippen LogP contribution in [0.15, 0.2) is 42.5 Å². The van der Waals surface area contributed by atoms with Crippen molar-refractivity contribution in [1.29, 1.82) is 5.26 Å². The van der Waals surface area contributed by atoms with Crippen LogP contribution in [0.2, 0.25) is 5.02 Å². The van der Waals surface area contributed by atoms with Gasteiger partial charge < -0.3 is 11.1 Å². The van der Waals surface area contributed by atoms with E-state index in [-0.39, 0.29) is 6.04 Å². The summed E-state index contributed by atoms with van der Waals surface area (Å²) in [4.78, 5) is 0. The number of rotatable bonds is 3. The van der Waals surface area contributed by atoms with E-state index < -0.39 is 0 Å². The van der Waals surface area contributed by atoms with E-state index in [2.05, 4.69) is 11.4 Å². The lowest BCUT2D eigenvalue weighted by Crippen LogP contribution is -2.07. The lowest BCUT2D eigenvalue weighted by atomic mass is 10.1. The molecular weight excluding hydrogens is 258 g/mol. The van der Waals surface area contributed by atoms with Gasteiger partial charge in [0.15, 0.2) is 0 Å². The molecule has 2 aromatic rings. The molecule has 4 heteroatoms. The lowest BCUT2D eigenvalue weighted by molar-refractivity contribution is 0.885. The minimum atomic E-state index is 0.0915. The number of nitrogens with two attached hydrogens (primary N) is 1. The number of nitriles is 1. The van der Waals surface area contributed by atoms with Gasteiger partial charge in [-0.2, -0.15) is 5.26 Å². The zero-order chi connectivity index (χ0) is 13.8. The van der Waals surface area contributed by atoms with Gasteiger partial charge in [0.1, 0.15) is 6.07 Å². The monoisotopic (exact) mass is 271 g/mol. The summed E-state index contributed by atoms with van der Waals surface area (Å²) in [6.45, 7) is 2.04. The van der Waals surface area contributed by atoms with Crippen LogP contribution in [0, 0.1) is 11.3 Å². The first kappa shape index (κ1) is 13.3. The summed E-state index contributed by atoms with van der Waals surface area (Å²) >= 11 is 5.97. The standard InChI is InChI=1S/C15H14ClN3/c1-10(11-3-2-4-13(16)7-11)19-14-5-6-15(18)12(8-14)9-17/h2-8,10,19H,18H2,1H3. The summed E-state index contributed by atoms with van der Waals surface area (Å²) in [7, 11) is 0. The molecular formula is C15H14ClN3. The van der Waals surface area contributed by atoms with E-state index in [1.54, 1.807) is 12.1 Å². The molecule has 0 aliphatic heterocycles. The van der Waals surface area contributed by atoms with Crippen molar-refractivity contribution < 1.29 is 0 Å². The smallest absolute Gasteiger partial charge is 0.101 e. The average Bonchev–Trinajstić information content (AvgIpc) is 2.41. The summed E-state index contributed by atoms with van der Waals surface area (Å²) in [5.74, 6) is 0. The van der Waals surface area contributed by atoms with Gasteiger partial charge >= 0.3 is 0 Å². The predicted octanol–water partition coefficient (Wildman–Crippen LogP) is 3.97. The third-order valence-electron chi connectivity index (χ3n) is 2.91. The molecule has 0 saturated carbocycles. The largest absolute Gasteiger partial charge is 0.398 e. The Labute approximate surface area is 117 Å². The first-order chi connectivity index (χ1) is 9.10. The summed E-state index contributed by atoms with van der Waals surface area (Å²) in [5, 5.41) is 13.0. The highest BCUT2D eigenvalue weighted by Crippen LogP contribution is 2.24. The number of nitrogen functional groups attached to an aromatic ring is 1. The molecule has 0 radical (unpaired) electrons. The molecule has 0 fully saturated rings. The highest BCUT2D eigenvalue weighted by atomic mass is 35.5. The maximum Gasteiger partial charge on any atom is 0.101 e. The van der Waals surface area contributed by atoms with Crippen molar-refractivity contribution in [1.82, 2.24) is 0 Å². The van der Waals surface area contributed by atoms with Crippen LogP contribution in [0.1, 0.15) is 24.1 Å². The van der Waals surface area contributed by atoms with E-state index in [1.165, 1.54) is 0 Å².